The Morgan fingerprint density at radius 2 is 1.90 bits per heavy atom. The standard InChI is InChI=1S/C24H22N4O2S/c1-14-22-21(18-8-4-6-10-20(18)31-22)24(30)28(27-14)15(2)23(29)25-12-11-16-13-26-19-9-5-3-7-17(16)19/h3-10,13,15,26H,11-12H2,1-2H3,(H,25,29). The number of hydrogen-bond acceptors (Lipinski definition) is 4. The van der Waals surface area contributed by atoms with Gasteiger partial charge in [0.05, 0.1) is 15.8 Å². The van der Waals surface area contributed by atoms with Crippen LogP contribution in [0.3, 0.4) is 0 Å². The highest BCUT2D eigenvalue weighted by atomic mass is 32.1. The zero-order chi connectivity index (χ0) is 21.5. The molecule has 5 aromatic rings. The number of nitrogens with one attached hydrogen (secondary N) is 2. The summed E-state index contributed by atoms with van der Waals surface area (Å²) in [5.74, 6) is -0.215. The topological polar surface area (TPSA) is 79.8 Å². The van der Waals surface area contributed by atoms with E-state index in [1.165, 1.54) is 4.68 Å². The molecule has 156 valence electrons. The molecule has 7 heteroatoms. The number of rotatable bonds is 5. The number of carbonyl (C=O) groups is 1. The van der Waals surface area contributed by atoms with E-state index >= 15 is 0 Å². The minimum Gasteiger partial charge on any atom is -0.361 e. The Labute approximate surface area is 182 Å². The van der Waals surface area contributed by atoms with Gasteiger partial charge in [0.2, 0.25) is 5.91 Å². The summed E-state index contributed by atoms with van der Waals surface area (Å²) >= 11 is 1.57. The van der Waals surface area contributed by atoms with Crippen molar-refractivity contribution in [3.8, 4) is 0 Å². The van der Waals surface area contributed by atoms with Gasteiger partial charge < -0.3 is 10.3 Å². The molecule has 2 N–H and O–H groups in total. The zero-order valence-corrected chi connectivity index (χ0v) is 18.1. The second kappa shape index (κ2) is 7.67. The van der Waals surface area contributed by atoms with Crippen molar-refractivity contribution in [1.29, 1.82) is 0 Å². The first kappa shape index (κ1) is 19.5. The van der Waals surface area contributed by atoms with E-state index in [1.807, 2.05) is 55.6 Å². The lowest BCUT2D eigenvalue weighted by Crippen LogP contribution is -2.38. The summed E-state index contributed by atoms with van der Waals surface area (Å²) in [6.45, 7) is 4.09. The number of aryl methyl sites for hydroxylation is 1. The van der Waals surface area contributed by atoms with Crippen molar-refractivity contribution in [1.82, 2.24) is 20.1 Å². The van der Waals surface area contributed by atoms with Crippen LogP contribution in [0.15, 0.2) is 59.5 Å². The number of nitrogens with zero attached hydrogens (tertiary/aromatic N) is 2. The van der Waals surface area contributed by atoms with E-state index in [2.05, 4.69) is 21.5 Å². The first-order chi connectivity index (χ1) is 15.0. The average molecular weight is 431 g/mol. The van der Waals surface area contributed by atoms with Gasteiger partial charge in [-0.1, -0.05) is 36.4 Å². The fourth-order valence-electron chi connectivity index (χ4n) is 4.06. The highest BCUT2D eigenvalue weighted by Gasteiger charge is 2.21. The Hall–Kier alpha value is -3.45. The molecular weight excluding hydrogens is 408 g/mol. The predicted octanol–water partition coefficient (Wildman–Crippen LogP) is 4.32. The summed E-state index contributed by atoms with van der Waals surface area (Å²) in [5, 5.41) is 10.1. The number of aromatic nitrogens is 3. The van der Waals surface area contributed by atoms with Crippen LogP contribution in [0, 0.1) is 6.92 Å². The Morgan fingerprint density at radius 1 is 1.16 bits per heavy atom. The molecule has 0 aliphatic heterocycles. The van der Waals surface area contributed by atoms with E-state index in [9.17, 15) is 9.59 Å². The Bertz CT molecular complexity index is 1490. The van der Waals surface area contributed by atoms with E-state index < -0.39 is 6.04 Å². The quantitative estimate of drug-likeness (QED) is 0.436. The molecule has 0 radical (unpaired) electrons. The first-order valence-electron chi connectivity index (χ1n) is 10.3. The van der Waals surface area contributed by atoms with Crippen LogP contribution in [0.2, 0.25) is 0 Å². The van der Waals surface area contributed by atoms with Gasteiger partial charge in [0.25, 0.3) is 5.56 Å². The molecule has 1 amide bonds. The number of fused-ring (bicyclic) bond motifs is 4. The maximum Gasteiger partial charge on any atom is 0.276 e. The molecule has 0 bridgehead atoms. The number of amides is 1. The van der Waals surface area contributed by atoms with Gasteiger partial charge >= 0.3 is 0 Å². The lowest BCUT2D eigenvalue weighted by atomic mass is 10.1. The normalized spacial score (nSPS) is 12.6. The highest BCUT2D eigenvalue weighted by molar-refractivity contribution is 7.26. The molecule has 3 aromatic heterocycles. The minimum absolute atomic E-state index is 0.215. The smallest absolute Gasteiger partial charge is 0.276 e. The molecule has 0 aliphatic rings. The Morgan fingerprint density at radius 3 is 2.74 bits per heavy atom. The molecule has 2 aromatic carbocycles. The van der Waals surface area contributed by atoms with Crippen molar-refractivity contribution in [2.24, 2.45) is 0 Å². The van der Waals surface area contributed by atoms with Crippen LogP contribution in [0.5, 0.6) is 0 Å². The molecule has 0 spiro atoms. The third kappa shape index (κ3) is 3.31. The lowest BCUT2D eigenvalue weighted by molar-refractivity contribution is -0.124. The summed E-state index contributed by atoms with van der Waals surface area (Å²) in [5.41, 5.74) is 2.77. The van der Waals surface area contributed by atoms with Crippen molar-refractivity contribution in [2.75, 3.05) is 6.54 Å². The molecule has 5 rings (SSSR count). The number of aromatic amines is 1. The molecule has 31 heavy (non-hydrogen) atoms. The maximum atomic E-state index is 13.2. The van der Waals surface area contributed by atoms with Crippen molar-refractivity contribution in [3.05, 3.63) is 76.3 Å². The van der Waals surface area contributed by atoms with Gasteiger partial charge in [0.1, 0.15) is 6.04 Å². The van der Waals surface area contributed by atoms with Crippen LogP contribution < -0.4 is 10.9 Å². The van der Waals surface area contributed by atoms with Crippen LogP contribution >= 0.6 is 11.3 Å². The lowest BCUT2D eigenvalue weighted by Gasteiger charge is -2.15. The van der Waals surface area contributed by atoms with Crippen LogP contribution in [0.1, 0.15) is 24.2 Å². The highest BCUT2D eigenvalue weighted by Crippen LogP contribution is 2.32. The second-order valence-corrected chi connectivity index (χ2v) is 8.77. The van der Waals surface area contributed by atoms with E-state index in [0.717, 1.165) is 36.9 Å². The third-order valence-corrected chi connectivity index (χ3v) is 7.00. The molecule has 0 saturated heterocycles. The minimum atomic E-state index is -0.697. The number of carbonyl (C=O) groups excluding carboxylic acids is 1. The SMILES string of the molecule is Cc1nn(C(C)C(=O)NCCc2c[nH]c3ccccc23)c(=O)c2c1sc1ccccc12. The zero-order valence-electron chi connectivity index (χ0n) is 17.3. The molecular formula is C24H22N4O2S. The maximum absolute atomic E-state index is 13.2. The largest absolute Gasteiger partial charge is 0.361 e. The fourth-order valence-corrected chi connectivity index (χ4v) is 5.19. The molecule has 3 heterocycles. The summed E-state index contributed by atoms with van der Waals surface area (Å²) < 4.78 is 3.25. The summed E-state index contributed by atoms with van der Waals surface area (Å²) in [4.78, 5) is 29.3. The van der Waals surface area contributed by atoms with Gasteiger partial charge in [-0.05, 0) is 38.0 Å². The Kier molecular flexibility index (Phi) is 4.82. The summed E-state index contributed by atoms with van der Waals surface area (Å²) in [7, 11) is 0. The Balaban J connectivity index is 1.38. The number of hydrogen-bond donors (Lipinski definition) is 2. The molecule has 0 aliphatic carbocycles. The summed E-state index contributed by atoms with van der Waals surface area (Å²) in [6.07, 6.45) is 2.68. The van der Waals surface area contributed by atoms with Crippen molar-refractivity contribution >= 4 is 48.3 Å². The van der Waals surface area contributed by atoms with Crippen LogP contribution in [-0.2, 0) is 11.2 Å². The van der Waals surface area contributed by atoms with E-state index in [-0.39, 0.29) is 11.5 Å². The molecule has 1 unspecified atom stereocenters. The second-order valence-electron chi connectivity index (χ2n) is 7.71. The van der Waals surface area contributed by atoms with Gasteiger partial charge in [0.15, 0.2) is 0 Å². The molecule has 0 saturated carbocycles. The van der Waals surface area contributed by atoms with Gasteiger partial charge in [-0.15, -0.1) is 11.3 Å². The van der Waals surface area contributed by atoms with Crippen LogP contribution in [0.25, 0.3) is 31.1 Å². The fraction of sp³-hybridized carbons (Fsp3) is 0.208. The monoisotopic (exact) mass is 430 g/mol. The van der Waals surface area contributed by atoms with Crippen molar-refractivity contribution in [3.63, 3.8) is 0 Å². The average Bonchev–Trinajstić information content (AvgIpc) is 3.38. The number of benzene rings is 2. The number of para-hydroxylation sites is 1. The van der Waals surface area contributed by atoms with Gasteiger partial charge in [-0.2, -0.15) is 5.10 Å². The number of H-pyrrole nitrogens is 1. The predicted molar refractivity (Wildman–Crippen MR) is 126 cm³/mol. The third-order valence-electron chi connectivity index (χ3n) is 5.72. The van der Waals surface area contributed by atoms with Crippen LogP contribution in [-0.4, -0.2) is 27.2 Å². The van der Waals surface area contributed by atoms with E-state index in [4.69, 9.17) is 0 Å². The van der Waals surface area contributed by atoms with Gasteiger partial charge in [-0.25, -0.2) is 4.68 Å². The van der Waals surface area contributed by atoms with Crippen molar-refractivity contribution < 1.29 is 4.79 Å². The summed E-state index contributed by atoms with van der Waals surface area (Å²) in [6, 6.07) is 15.2. The van der Waals surface area contributed by atoms with Gasteiger partial charge in [-0.3, -0.25) is 9.59 Å². The number of thiophene rings is 1. The van der Waals surface area contributed by atoms with Gasteiger partial charge in [0, 0.05) is 33.7 Å². The molecule has 1 atom stereocenters. The van der Waals surface area contributed by atoms with E-state index in [1.54, 1.807) is 18.3 Å². The van der Waals surface area contributed by atoms with E-state index in [0.29, 0.717) is 18.4 Å². The van der Waals surface area contributed by atoms with Crippen molar-refractivity contribution in [2.45, 2.75) is 26.3 Å². The van der Waals surface area contributed by atoms with Crippen LogP contribution in [0.4, 0.5) is 0 Å². The first-order valence-corrected chi connectivity index (χ1v) is 11.1. The molecule has 0 fully saturated rings. The molecule has 6 nitrogen and oxygen atoms in total.